The van der Waals surface area contributed by atoms with Gasteiger partial charge in [0.05, 0.1) is 12.3 Å². The normalized spacial score (nSPS) is 11.2. The first-order chi connectivity index (χ1) is 16.2. The molecule has 4 aromatic rings. The first kappa shape index (κ1) is 23.5. The zero-order valence-electron chi connectivity index (χ0n) is 19.3. The first-order valence-corrected chi connectivity index (χ1v) is 11.5. The molecule has 0 unspecified atom stereocenters. The number of aromatic nitrogens is 4. The second kappa shape index (κ2) is 9.30. The molecule has 0 bridgehead atoms. The van der Waals surface area contributed by atoms with Gasteiger partial charge in [0.15, 0.2) is 16.3 Å². The molecule has 0 aliphatic carbocycles. The van der Waals surface area contributed by atoms with Gasteiger partial charge in [-0.1, -0.05) is 36.0 Å². The molecule has 10 heteroatoms. The second-order valence-corrected chi connectivity index (χ2v) is 9.11. The Labute approximate surface area is 199 Å². The Kier molecular flexibility index (Phi) is 6.43. The molecule has 2 aromatic carbocycles. The fraction of sp³-hybridized carbons (Fsp3) is 0.250. The van der Waals surface area contributed by atoms with Crippen LogP contribution in [0.3, 0.4) is 0 Å². The van der Waals surface area contributed by atoms with Crippen molar-refractivity contribution in [3.8, 4) is 0 Å². The first-order valence-electron chi connectivity index (χ1n) is 10.6. The SMILES string of the molecule is Cc1cc(C)cc(NC(=O)CSc2nc3c(c(=O)n(C)c(=O)n3C)n2Cc2ccccc2F)c1. The fourth-order valence-corrected chi connectivity index (χ4v) is 4.65. The van der Waals surface area contributed by atoms with Gasteiger partial charge in [0.1, 0.15) is 5.82 Å². The summed E-state index contributed by atoms with van der Waals surface area (Å²) >= 11 is 1.12. The highest BCUT2D eigenvalue weighted by molar-refractivity contribution is 7.99. The number of fused-ring (bicyclic) bond motifs is 1. The van der Waals surface area contributed by atoms with Crippen molar-refractivity contribution >= 4 is 34.5 Å². The van der Waals surface area contributed by atoms with E-state index in [1.165, 1.54) is 24.7 Å². The third-order valence-corrected chi connectivity index (χ3v) is 6.41. The molecule has 0 radical (unpaired) electrons. The summed E-state index contributed by atoms with van der Waals surface area (Å²) in [5.41, 5.74) is 2.42. The number of anilines is 1. The Bertz CT molecular complexity index is 1520. The van der Waals surface area contributed by atoms with Crippen molar-refractivity contribution in [2.45, 2.75) is 25.5 Å². The molecule has 8 nitrogen and oxygen atoms in total. The van der Waals surface area contributed by atoms with Gasteiger partial charge in [-0.3, -0.25) is 18.7 Å². The lowest BCUT2D eigenvalue weighted by Crippen LogP contribution is -2.37. The lowest BCUT2D eigenvalue weighted by atomic mass is 10.1. The maximum atomic E-state index is 14.4. The third-order valence-electron chi connectivity index (χ3n) is 5.44. The van der Waals surface area contributed by atoms with Crippen LogP contribution in [0.1, 0.15) is 16.7 Å². The van der Waals surface area contributed by atoms with Crippen molar-refractivity contribution < 1.29 is 9.18 Å². The van der Waals surface area contributed by atoms with Crippen LogP contribution in [0.2, 0.25) is 0 Å². The summed E-state index contributed by atoms with van der Waals surface area (Å²) in [7, 11) is 2.90. The van der Waals surface area contributed by atoms with Crippen molar-refractivity contribution in [1.29, 1.82) is 0 Å². The molecular formula is C24H24FN5O3S. The Hall–Kier alpha value is -3.66. The minimum atomic E-state index is -0.534. The number of carbonyl (C=O) groups is 1. The fourth-order valence-electron chi connectivity index (χ4n) is 3.85. The molecule has 0 saturated heterocycles. The van der Waals surface area contributed by atoms with E-state index in [1.807, 2.05) is 32.0 Å². The number of halogens is 1. The van der Waals surface area contributed by atoms with Crippen molar-refractivity contribution in [2.75, 3.05) is 11.1 Å². The van der Waals surface area contributed by atoms with E-state index in [2.05, 4.69) is 10.3 Å². The average Bonchev–Trinajstić information content (AvgIpc) is 3.14. The molecule has 0 spiro atoms. The lowest BCUT2D eigenvalue weighted by molar-refractivity contribution is -0.113. The average molecular weight is 482 g/mol. The number of rotatable bonds is 6. The second-order valence-electron chi connectivity index (χ2n) is 8.16. The molecule has 0 saturated carbocycles. The molecule has 0 atom stereocenters. The number of hydrogen-bond donors (Lipinski definition) is 1. The van der Waals surface area contributed by atoms with Crippen LogP contribution in [0.4, 0.5) is 10.1 Å². The van der Waals surface area contributed by atoms with Gasteiger partial charge in [-0.25, -0.2) is 14.2 Å². The highest BCUT2D eigenvalue weighted by atomic mass is 32.2. The summed E-state index contributed by atoms with van der Waals surface area (Å²) in [6, 6.07) is 12.0. The molecule has 0 aliphatic rings. The van der Waals surface area contributed by atoms with E-state index in [0.29, 0.717) is 16.4 Å². The van der Waals surface area contributed by atoms with Crippen LogP contribution < -0.4 is 16.6 Å². The molecule has 176 valence electrons. The Morgan fingerprint density at radius 3 is 2.41 bits per heavy atom. The lowest BCUT2D eigenvalue weighted by Gasteiger charge is -2.11. The van der Waals surface area contributed by atoms with Gasteiger partial charge in [-0.2, -0.15) is 0 Å². The topological polar surface area (TPSA) is 90.9 Å². The number of nitrogens with one attached hydrogen (secondary N) is 1. The predicted molar refractivity (Wildman–Crippen MR) is 131 cm³/mol. The van der Waals surface area contributed by atoms with Crippen LogP contribution in [0, 0.1) is 19.7 Å². The number of carbonyl (C=O) groups excluding carboxylic acids is 1. The smallest absolute Gasteiger partial charge is 0.325 e. The maximum Gasteiger partial charge on any atom is 0.332 e. The summed E-state index contributed by atoms with van der Waals surface area (Å²) in [5, 5.41) is 3.21. The van der Waals surface area contributed by atoms with E-state index in [1.54, 1.807) is 22.8 Å². The van der Waals surface area contributed by atoms with Crippen molar-refractivity contribution in [1.82, 2.24) is 18.7 Å². The van der Waals surface area contributed by atoms with Gasteiger partial charge >= 0.3 is 5.69 Å². The van der Waals surface area contributed by atoms with Crippen molar-refractivity contribution in [2.24, 2.45) is 14.1 Å². The zero-order valence-corrected chi connectivity index (χ0v) is 20.1. The van der Waals surface area contributed by atoms with Gasteiger partial charge < -0.3 is 9.88 Å². The van der Waals surface area contributed by atoms with Gasteiger partial charge in [-0.15, -0.1) is 0 Å². The quantitative estimate of drug-likeness (QED) is 0.428. The Morgan fingerprint density at radius 1 is 1.06 bits per heavy atom. The van der Waals surface area contributed by atoms with Crippen LogP contribution in [0.15, 0.2) is 57.2 Å². The highest BCUT2D eigenvalue weighted by Gasteiger charge is 2.21. The van der Waals surface area contributed by atoms with Gasteiger partial charge in [0, 0.05) is 25.3 Å². The molecule has 4 rings (SSSR count). The zero-order chi connectivity index (χ0) is 24.6. The number of benzene rings is 2. The standard InChI is InChI=1S/C24H24FN5O3S/c1-14-9-15(2)11-17(10-14)26-19(31)13-34-23-27-21-20(22(32)29(4)24(33)28(21)3)30(23)12-16-7-5-6-8-18(16)25/h5-11H,12-13H2,1-4H3,(H,26,31). The predicted octanol–water partition coefficient (Wildman–Crippen LogP) is 2.97. The van der Waals surface area contributed by atoms with Gasteiger partial charge in [0.25, 0.3) is 5.56 Å². The number of hydrogen-bond acceptors (Lipinski definition) is 5. The van der Waals surface area contributed by atoms with Crippen LogP contribution in [-0.4, -0.2) is 30.3 Å². The minimum Gasteiger partial charge on any atom is -0.325 e. The molecule has 1 N–H and O–H groups in total. The number of amides is 1. The number of imidazole rings is 1. The van der Waals surface area contributed by atoms with Crippen LogP contribution in [-0.2, 0) is 25.4 Å². The third kappa shape index (κ3) is 4.54. The van der Waals surface area contributed by atoms with Crippen molar-refractivity contribution in [3.63, 3.8) is 0 Å². The molecule has 1 amide bonds. The van der Waals surface area contributed by atoms with Crippen LogP contribution in [0.25, 0.3) is 11.2 Å². The summed E-state index contributed by atoms with van der Waals surface area (Å²) in [5.74, 6) is -0.655. The van der Waals surface area contributed by atoms with E-state index >= 15 is 0 Å². The van der Waals surface area contributed by atoms with Crippen molar-refractivity contribution in [3.05, 3.63) is 85.8 Å². The number of nitrogens with zero attached hydrogens (tertiary/aromatic N) is 4. The maximum absolute atomic E-state index is 14.4. The van der Waals surface area contributed by atoms with E-state index in [9.17, 15) is 18.8 Å². The largest absolute Gasteiger partial charge is 0.332 e. The minimum absolute atomic E-state index is 0.0157. The summed E-state index contributed by atoms with van der Waals surface area (Å²) in [6.45, 7) is 3.93. The van der Waals surface area contributed by atoms with Crippen LogP contribution >= 0.6 is 11.8 Å². The molecule has 2 aromatic heterocycles. The monoisotopic (exact) mass is 481 g/mol. The summed E-state index contributed by atoms with van der Waals surface area (Å²) in [4.78, 5) is 42.5. The molecule has 34 heavy (non-hydrogen) atoms. The number of thioether (sulfide) groups is 1. The summed E-state index contributed by atoms with van der Waals surface area (Å²) in [6.07, 6.45) is 0. The number of aryl methyl sites for hydroxylation is 3. The van der Waals surface area contributed by atoms with E-state index < -0.39 is 17.1 Å². The Balaban J connectivity index is 1.71. The Morgan fingerprint density at radius 2 is 1.74 bits per heavy atom. The van der Waals surface area contributed by atoms with E-state index in [-0.39, 0.29) is 29.4 Å². The van der Waals surface area contributed by atoms with E-state index in [4.69, 9.17) is 0 Å². The van der Waals surface area contributed by atoms with E-state index in [0.717, 1.165) is 27.5 Å². The van der Waals surface area contributed by atoms with Gasteiger partial charge in [-0.05, 0) is 43.2 Å². The molecule has 0 fully saturated rings. The molecule has 2 heterocycles. The summed E-state index contributed by atoms with van der Waals surface area (Å²) < 4.78 is 18.2. The highest BCUT2D eigenvalue weighted by Crippen LogP contribution is 2.24. The van der Waals surface area contributed by atoms with Gasteiger partial charge in [0.2, 0.25) is 5.91 Å². The molecular weight excluding hydrogens is 457 g/mol. The van der Waals surface area contributed by atoms with Crippen LogP contribution in [0.5, 0.6) is 0 Å². The molecule has 0 aliphatic heterocycles.